The molecule has 5 heteroatoms. The summed E-state index contributed by atoms with van der Waals surface area (Å²) in [6.07, 6.45) is 5.67. The first-order valence-electron chi connectivity index (χ1n) is 6.46. The lowest BCUT2D eigenvalue weighted by Crippen LogP contribution is -2.41. The second kappa shape index (κ2) is 5.29. The molecule has 1 aliphatic carbocycles. The summed E-state index contributed by atoms with van der Waals surface area (Å²) in [5.41, 5.74) is 0. The molecule has 0 bridgehead atoms. The fourth-order valence-electron chi connectivity index (χ4n) is 2.72. The first kappa shape index (κ1) is 12.7. The summed E-state index contributed by atoms with van der Waals surface area (Å²) >= 11 is 0. The molecule has 1 saturated carbocycles. The Morgan fingerprint density at radius 3 is 2.65 bits per heavy atom. The van der Waals surface area contributed by atoms with Crippen LogP contribution in [0.1, 0.15) is 38.5 Å². The maximum Gasteiger partial charge on any atom is 0.262 e. The molecule has 1 atom stereocenters. The molecule has 17 heavy (non-hydrogen) atoms. The van der Waals surface area contributed by atoms with Gasteiger partial charge in [-0.1, -0.05) is 25.7 Å². The van der Waals surface area contributed by atoms with E-state index in [1.54, 1.807) is 0 Å². The number of hydrogen-bond acceptors (Lipinski definition) is 2. The van der Waals surface area contributed by atoms with Crippen LogP contribution < -0.4 is 10.6 Å². The lowest BCUT2D eigenvalue weighted by Gasteiger charge is -2.13. The number of alkyl halides is 2. The van der Waals surface area contributed by atoms with E-state index >= 15 is 0 Å². The predicted molar refractivity (Wildman–Crippen MR) is 60.9 cm³/mol. The largest absolute Gasteiger partial charge is 0.355 e. The van der Waals surface area contributed by atoms with Gasteiger partial charge in [0, 0.05) is 13.0 Å². The fourth-order valence-corrected chi connectivity index (χ4v) is 2.72. The molecule has 2 fully saturated rings. The first-order valence-corrected chi connectivity index (χ1v) is 6.46. The zero-order chi connectivity index (χ0) is 12.3. The Morgan fingerprint density at radius 2 is 2.06 bits per heavy atom. The molecular formula is C12H20F2N2O. The summed E-state index contributed by atoms with van der Waals surface area (Å²) in [6, 6.07) is -0.714. The third kappa shape index (κ3) is 3.63. The average Bonchev–Trinajstić information content (AvgIpc) is 2.87. The number of carbonyl (C=O) groups is 1. The molecule has 2 aliphatic rings. The Labute approximate surface area is 100 Å². The molecule has 1 amide bonds. The molecule has 1 heterocycles. The van der Waals surface area contributed by atoms with Gasteiger partial charge < -0.3 is 5.32 Å². The summed E-state index contributed by atoms with van der Waals surface area (Å²) in [7, 11) is 0. The van der Waals surface area contributed by atoms with Crippen molar-refractivity contribution in [3.8, 4) is 0 Å². The van der Waals surface area contributed by atoms with E-state index in [9.17, 15) is 13.6 Å². The lowest BCUT2D eigenvalue weighted by atomic mass is 10.0. The number of amides is 1. The molecule has 1 aliphatic heterocycles. The average molecular weight is 246 g/mol. The molecule has 0 aromatic carbocycles. The lowest BCUT2D eigenvalue weighted by molar-refractivity contribution is -0.123. The Bertz CT molecular complexity index is 278. The van der Waals surface area contributed by atoms with Gasteiger partial charge in [0.15, 0.2) is 0 Å². The van der Waals surface area contributed by atoms with E-state index in [1.165, 1.54) is 25.7 Å². The van der Waals surface area contributed by atoms with E-state index in [0.29, 0.717) is 12.5 Å². The van der Waals surface area contributed by atoms with Crippen molar-refractivity contribution in [1.82, 2.24) is 10.6 Å². The van der Waals surface area contributed by atoms with Crippen LogP contribution >= 0.6 is 0 Å². The molecule has 3 nitrogen and oxygen atoms in total. The summed E-state index contributed by atoms with van der Waals surface area (Å²) in [6.45, 7) is 0.237. The minimum atomic E-state index is -2.73. The second-order valence-corrected chi connectivity index (χ2v) is 5.22. The molecule has 2 N–H and O–H groups in total. The molecule has 98 valence electrons. The van der Waals surface area contributed by atoms with E-state index in [-0.39, 0.29) is 18.9 Å². The van der Waals surface area contributed by atoms with E-state index in [2.05, 4.69) is 10.6 Å². The van der Waals surface area contributed by atoms with E-state index in [4.69, 9.17) is 0 Å². The van der Waals surface area contributed by atoms with Gasteiger partial charge in [-0.25, -0.2) is 8.78 Å². The van der Waals surface area contributed by atoms with Gasteiger partial charge in [0.25, 0.3) is 5.92 Å². The Kier molecular flexibility index (Phi) is 3.97. The van der Waals surface area contributed by atoms with E-state index in [0.717, 1.165) is 6.42 Å². The van der Waals surface area contributed by atoms with Crippen LogP contribution in [0.25, 0.3) is 0 Å². The van der Waals surface area contributed by atoms with Crippen LogP contribution in [0.4, 0.5) is 8.78 Å². The molecular weight excluding hydrogens is 226 g/mol. The second-order valence-electron chi connectivity index (χ2n) is 5.22. The summed E-state index contributed by atoms with van der Waals surface area (Å²) in [4.78, 5) is 11.6. The van der Waals surface area contributed by atoms with Gasteiger partial charge >= 0.3 is 0 Å². The normalized spacial score (nSPS) is 28.5. The van der Waals surface area contributed by atoms with Gasteiger partial charge in [-0.3, -0.25) is 10.1 Å². The van der Waals surface area contributed by atoms with Crippen molar-refractivity contribution < 1.29 is 13.6 Å². The van der Waals surface area contributed by atoms with Crippen molar-refractivity contribution in [1.29, 1.82) is 0 Å². The van der Waals surface area contributed by atoms with Crippen LogP contribution in [-0.2, 0) is 4.79 Å². The Hall–Kier alpha value is -0.710. The predicted octanol–water partition coefficient (Wildman–Crippen LogP) is 1.68. The van der Waals surface area contributed by atoms with Crippen molar-refractivity contribution in [2.45, 2.75) is 50.5 Å². The highest BCUT2D eigenvalue weighted by Crippen LogP contribution is 2.27. The third-order valence-electron chi connectivity index (χ3n) is 3.75. The summed E-state index contributed by atoms with van der Waals surface area (Å²) < 4.78 is 25.8. The van der Waals surface area contributed by atoms with Crippen LogP contribution in [0.3, 0.4) is 0 Å². The smallest absolute Gasteiger partial charge is 0.262 e. The van der Waals surface area contributed by atoms with Crippen molar-refractivity contribution >= 4 is 5.91 Å². The highest BCUT2D eigenvalue weighted by Gasteiger charge is 2.42. The summed E-state index contributed by atoms with van der Waals surface area (Å²) in [5.74, 6) is -2.29. The molecule has 0 radical (unpaired) electrons. The van der Waals surface area contributed by atoms with Crippen molar-refractivity contribution in [2.24, 2.45) is 5.92 Å². The van der Waals surface area contributed by atoms with Crippen LogP contribution in [0.15, 0.2) is 0 Å². The maximum atomic E-state index is 12.9. The standard InChI is InChI=1S/C12H20F2N2O/c13-12(14)7-10(16-8-12)11(17)15-6-5-9-3-1-2-4-9/h9-10,16H,1-8H2,(H,15,17). The SMILES string of the molecule is O=C(NCCC1CCCC1)C1CC(F)(F)CN1. The van der Waals surface area contributed by atoms with Gasteiger partial charge in [-0.15, -0.1) is 0 Å². The molecule has 1 unspecified atom stereocenters. The van der Waals surface area contributed by atoms with Gasteiger partial charge in [0.2, 0.25) is 5.91 Å². The number of rotatable bonds is 4. The number of carbonyl (C=O) groups excluding carboxylic acids is 1. The van der Waals surface area contributed by atoms with Crippen molar-refractivity contribution in [3.63, 3.8) is 0 Å². The van der Waals surface area contributed by atoms with Gasteiger partial charge in [0.1, 0.15) is 0 Å². The van der Waals surface area contributed by atoms with Gasteiger partial charge in [-0.05, 0) is 12.3 Å². The van der Waals surface area contributed by atoms with Gasteiger partial charge in [0.05, 0.1) is 12.6 Å². The minimum absolute atomic E-state index is 0.278. The van der Waals surface area contributed by atoms with Crippen molar-refractivity contribution in [2.75, 3.05) is 13.1 Å². The van der Waals surface area contributed by atoms with E-state index < -0.39 is 12.0 Å². The number of hydrogen-bond donors (Lipinski definition) is 2. The maximum absolute atomic E-state index is 12.9. The monoisotopic (exact) mass is 246 g/mol. The minimum Gasteiger partial charge on any atom is -0.355 e. The quantitative estimate of drug-likeness (QED) is 0.792. The first-order chi connectivity index (χ1) is 8.07. The zero-order valence-electron chi connectivity index (χ0n) is 9.98. The topological polar surface area (TPSA) is 41.1 Å². The van der Waals surface area contributed by atoms with Crippen LogP contribution in [0.2, 0.25) is 0 Å². The Balaban J connectivity index is 1.64. The Morgan fingerprint density at radius 1 is 1.35 bits per heavy atom. The van der Waals surface area contributed by atoms with Crippen molar-refractivity contribution in [3.05, 3.63) is 0 Å². The molecule has 0 aromatic heterocycles. The molecule has 0 aromatic rings. The molecule has 0 spiro atoms. The van der Waals surface area contributed by atoms with Gasteiger partial charge in [-0.2, -0.15) is 0 Å². The number of halogens is 2. The van der Waals surface area contributed by atoms with E-state index in [1.807, 2.05) is 0 Å². The third-order valence-corrected chi connectivity index (χ3v) is 3.75. The summed E-state index contributed by atoms with van der Waals surface area (Å²) in [5, 5.41) is 5.32. The molecule has 2 rings (SSSR count). The highest BCUT2D eigenvalue weighted by atomic mass is 19.3. The van der Waals surface area contributed by atoms with Crippen LogP contribution in [-0.4, -0.2) is 31.0 Å². The highest BCUT2D eigenvalue weighted by molar-refractivity contribution is 5.82. The fraction of sp³-hybridized carbons (Fsp3) is 0.917. The zero-order valence-corrected chi connectivity index (χ0v) is 9.98. The molecule has 1 saturated heterocycles. The number of nitrogens with one attached hydrogen (secondary N) is 2. The van der Waals surface area contributed by atoms with Crippen LogP contribution in [0.5, 0.6) is 0 Å². The van der Waals surface area contributed by atoms with Crippen LogP contribution in [0, 0.1) is 5.92 Å².